The van der Waals surface area contributed by atoms with Crippen molar-refractivity contribution in [3.05, 3.63) is 24.8 Å². The first-order chi connectivity index (χ1) is 12.3. The van der Waals surface area contributed by atoms with Crippen molar-refractivity contribution in [1.82, 2.24) is 0 Å². The van der Waals surface area contributed by atoms with Crippen molar-refractivity contribution in [1.29, 1.82) is 0 Å². The molecular formula is C25H42. The van der Waals surface area contributed by atoms with Gasteiger partial charge in [-0.25, -0.2) is 0 Å². The van der Waals surface area contributed by atoms with Crippen LogP contribution in [0, 0.1) is 35.5 Å². The van der Waals surface area contributed by atoms with E-state index in [1.54, 1.807) is 25.7 Å². The van der Waals surface area contributed by atoms with E-state index in [2.05, 4.69) is 31.7 Å². The average Bonchev–Trinajstić information content (AvgIpc) is 2.68. The first-order valence-corrected chi connectivity index (χ1v) is 11.5. The molecular weight excluding hydrogens is 300 g/mol. The maximum atomic E-state index is 3.89. The standard InChI is InChI=1S/C25H42/c1-3-5-7-21-10-14-23(15-11-21)25-18-16-24(17-19-25)22-12-8-20(6-4-2)9-13-22/h3-4,6,20-25H,1,5,7-19H2,2H3/b6-4+. The van der Waals surface area contributed by atoms with Crippen LogP contribution in [-0.2, 0) is 0 Å². The Morgan fingerprint density at radius 3 is 1.56 bits per heavy atom. The van der Waals surface area contributed by atoms with Gasteiger partial charge in [0, 0.05) is 0 Å². The summed E-state index contributed by atoms with van der Waals surface area (Å²) in [6.07, 6.45) is 27.7. The minimum absolute atomic E-state index is 0.897. The Bertz CT molecular complexity index is 396. The lowest BCUT2D eigenvalue weighted by atomic mass is 9.65. The van der Waals surface area contributed by atoms with Crippen LogP contribution in [0.4, 0.5) is 0 Å². The quantitative estimate of drug-likeness (QED) is 0.430. The van der Waals surface area contributed by atoms with Crippen LogP contribution >= 0.6 is 0 Å². The molecule has 25 heavy (non-hydrogen) atoms. The van der Waals surface area contributed by atoms with Crippen molar-refractivity contribution in [3.63, 3.8) is 0 Å². The Kier molecular flexibility index (Phi) is 7.68. The third-order valence-corrected chi connectivity index (χ3v) is 8.10. The van der Waals surface area contributed by atoms with E-state index in [0.29, 0.717) is 0 Å². The topological polar surface area (TPSA) is 0 Å². The summed E-state index contributed by atoms with van der Waals surface area (Å²) in [5.74, 6) is 6.21. The molecule has 0 aromatic carbocycles. The normalized spacial score (nSPS) is 40.2. The van der Waals surface area contributed by atoms with Gasteiger partial charge in [0.2, 0.25) is 0 Å². The van der Waals surface area contributed by atoms with Crippen LogP contribution in [0.15, 0.2) is 24.8 Å². The molecule has 3 saturated carbocycles. The highest BCUT2D eigenvalue weighted by molar-refractivity contribution is 4.91. The molecule has 0 aromatic rings. The van der Waals surface area contributed by atoms with Gasteiger partial charge in [-0.1, -0.05) is 31.1 Å². The second kappa shape index (κ2) is 9.98. The monoisotopic (exact) mass is 342 g/mol. The van der Waals surface area contributed by atoms with E-state index in [9.17, 15) is 0 Å². The van der Waals surface area contributed by atoms with E-state index < -0.39 is 0 Å². The van der Waals surface area contributed by atoms with E-state index in [4.69, 9.17) is 0 Å². The van der Waals surface area contributed by atoms with Crippen molar-refractivity contribution >= 4 is 0 Å². The van der Waals surface area contributed by atoms with E-state index in [0.717, 1.165) is 35.5 Å². The summed E-state index contributed by atoms with van der Waals surface area (Å²) in [5, 5.41) is 0. The van der Waals surface area contributed by atoms with E-state index in [1.165, 1.54) is 64.2 Å². The Labute approximate surface area is 157 Å². The molecule has 3 rings (SSSR count). The summed E-state index contributed by atoms with van der Waals surface area (Å²) >= 11 is 0. The third-order valence-electron chi connectivity index (χ3n) is 8.10. The summed E-state index contributed by atoms with van der Waals surface area (Å²) in [7, 11) is 0. The molecule has 0 aromatic heterocycles. The van der Waals surface area contributed by atoms with Gasteiger partial charge in [-0.2, -0.15) is 0 Å². The fourth-order valence-corrected chi connectivity index (χ4v) is 6.47. The van der Waals surface area contributed by atoms with Crippen LogP contribution in [0.2, 0.25) is 0 Å². The molecule has 0 radical (unpaired) electrons. The highest BCUT2D eigenvalue weighted by Crippen LogP contribution is 2.46. The molecule has 3 aliphatic carbocycles. The molecule has 0 spiro atoms. The largest absolute Gasteiger partial charge is 0.103 e. The van der Waals surface area contributed by atoms with Crippen LogP contribution in [0.25, 0.3) is 0 Å². The van der Waals surface area contributed by atoms with Crippen molar-refractivity contribution < 1.29 is 0 Å². The molecule has 0 atom stereocenters. The molecule has 0 nitrogen and oxygen atoms in total. The molecule has 0 bridgehead atoms. The second-order valence-corrected chi connectivity index (χ2v) is 9.52. The van der Waals surface area contributed by atoms with Crippen molar-refractivity contribution in [2.24, 2.45) is 35.5 Å². The Morgan fingerprint density at radius 1 is 0.680 bits per heavy atom. The van der Waals surface area contributed by atoms with Crippen molar-refractivity contribution in [2.75, 3.05) is 0 Å². The molecule has 0 heteroatoms. The van der Waals surface area contributed by atoms with Gasteiger partial charge in [0.25, 0.3) is 0 Å². The lowest BCUT2D eigenvalue weighted by Gasteiger charge is -2.41. The highest BCUT2D eigenvalue weighted by atomic mass is 14.4. The van der Waals surface area contributed by atoms with E-state index in [1.807, 2.05) is 0 Å². The lowest BCUT2D eigenvalue weighted by Crippen LogP contribution is -2.29. The molecule has 0 saturated heterocycles. The highest BCUT2D eigenvalue weighted by Gasteiger charge is 2.34. The molecule has 3 fully saturated rings. The minimum atomic E-state index is 0.897. The van der Waals surface area contributed by atoms with Crippen LogP contribution < -0.4 is 0 Å². The lowest BCUT2D eigenvalue weighted by molar-refractivity contribution is 0.107. The molecule has 0 aliphatic heterocycles. The third kappa shape index (κ3) is 5.48. The van der Waals surface area contributed by atoms with Gasteiger partial charge in [-0.15, -0.1) is 6.58 Å². The van der Waals surface area contributed by atoms with Gasteiger partial charge in [-0.3, -0.25) is 0 Å². The van der Waals surface area contributed by atoms with Gasteiger partial charge in [-0.05, 0) is 119 Å². The van der Waals surface area contributed by atoms with E-state index in [-0.39, 0.29) is 0 Å². The van der Waals surface area contributed by atoms with Crippen LogP contribution in [0.3, 0.4) is 0 Å². The summed E-state index contributed by atoms with van der Waals surface area (Å²) in [5.41, 5.74) is 0. The summed E-state index contributed by atoms with van der Waals surface area (Å²) < 4.78 is 0. The number of hydrogen-bond donors (Lipinski definition) is 0. The van der Waals surface area contributed by atoms with Gasteiger partial charge in [0.05, 0.1) is 0 Å². The average molecular weight is 343 g/mol. The number of rotatable bonds is 6. The zero-order chi connectivity index (χ0) is 17.5. The molecule has 0 heterocycles. The maximum Gasteiger partial charge on any atom is -0.0233 e. The zero-order valence-electron chi connectivity index (χ0n) is 16.8. The first-order valence-electron chi connectivity index (χ1n) is 11.5. The molecule has 0 amide bonds. The van der Waals surface area contributed by atoms with Crippen LogP contribution in [0.5, 0.6) is 0 Å². The fraction of sp³-hybridized carbons (Fsp3) is 0.840. The zero-order valence-corrected chi connectivity index (χ0v) is 16.8. The predicted octanol–water partition coefficient (Wildman–Crippen LogP) is 7.95. The first kappa shape index (κ1) is 19.2. The Balaban J connectivity index is 1.36. The predicted molar refractivity (Wildman–Crippen MR) is 111 cm³/mol. The molecule has 0 N–H and O–H groups in total. The molecule has 142 valence electrons. The second-order valence-electron chi connectivity index (χ2n) is 9.52. The molecule has 0 unspecified atom stereocenters. The summed E-state index contributed by atoms with van der Waals surface area (Å²) in [6.45, 7) is 6.07. The Morgan fingerprint density at radius 2 is 1.12 bits per heavy atom. The molecule has 3 aliphatic rings. The Hall–Kier alpha value is -0.520. The van der Waals surface area contributed by atoms with E-state index >= 15 is 0 Å². The van der Waals surface area contributed by atoms with Crippen LogP contribution in [0.1, 0.15) is 96.8 Å². The SMILES string of the molecule is C=CCCC1CCC(C2CCC(C3CCC(/C=C/C)CC3)CC2)CC1. The maximum absolute atomic E-state index is 3.89. The van der Waals surface area contributed by atoms with Gasteiger partial charge < -0.3 is 0 Å². The smallest absolute Gasteiger partial charge is 0.0233 e. The minimum Gasteiger partial charge on any atom is -0.103 e. The van der Waals surface area contributed by atoms with Crippen LogP contribution in [-0.4, -0.2) is 0 Å². The van der Waals surface area contributed by atoms with Gasteiger partial charge >= 0.3 is 0 Å². The van der Waals surface area contributed by atoms with Crippen molar-refractivity contribution in [3.8, 4) is 0 Å². The number of allylic oxidation sites excluding steroid dienone is 3. The van der Waals surface area contributed by atoms with Gasteiger partial charge in [0.1, 0.15) is 0 Å². The van der Waals surface area contributed by atoms with Gasteiger partial charge in [0.15, 0.2) is 0 Å². The van der Waals surface area contributed by atoms with Crippen molar-refractivity contribution in [2.45, 2.75) is 96.8 Å². The number of hydrogen-bond acceptors (Lipinski definition) is 0. The summed E-state index contributed by atoms with van der Waals surface area (Å²) in [4.78, 5) is 0. The summed E-state index contributed by atoms with van der Waals surface area (Å²) in [6, 6.07) is 0. The fourth-order valence-electron chi connectivity index (χ4n) is 6.47.